The fourth-order valence-corrected chi connectivity index (χ4v) is 3.39. The van der Waals surface area contributed by atoms with Gasteiger partial charge in [-0.15, -0.1) is 0 Å². The molecule has 0 bridgehead atoms. The van der Waals surface area contributed by atoms with Gasteiger partial charge in [-0.05, 0) is 78.4 Å². The lowest BCUT2D eigenvalue weighted by Crippen LogP contribution is -2.13. The van der Waals surface area contributed by atoms with E-state index in [-0.39, 0.29) is 5.57 Å². The van der Waals surface area contributed by atoms with Crippen LogP contribution in [0.15, 0.2) is 35.9 Å². The molecule has 1 amide bonds. The average molecular weight is 531 g/mol. The molecule has 0 aromatic heterocycles. The number of ether oxygens (including phenoxy) is 2. The number of hydrogen-bond donors (Lipinski definition) is 1. The molecule has 0 spiro atoms. The Balaban J connectivity index is 2.33. The third kappa shape index (κ3) is 5.77. The SMILES string of the molecule is CCOc1cc(/C=C(/C#N)C(=O)Nc2ccc(Cl)c(Cl)c2)cc(I)c1OCC. The molecule has 0 aliphatic rings. The normalized spacial score (nSPS) is 10.9. The fraction of sp³-hybridized carbons (Fsp3) is 0.200. The standard InChI is InChI=1S/C20H17Cl2IN2O3/c1-3-27-18-9-12(8-17(23)19(18)28-4-2)7-13(11-24)20(26)25-14-5-6-15(21)16(22)10-14/h5-10H,3-4H2,1-2H3,(H,25,26)/b13-7-. The van der Waals surface area contributed by atoms with Crippen LogP contribution in [-0.2, 0) is 4.79 Å². The summed E-state index contributed by atoms with van der Waals surface area (Å²) in [6.45, 7) is 4.73. The van der Waals surface area contributed by atoms with Gasteiger partial charge in [0.15, 0.2) is 11.5 Å². The molecule has 5 nitrogen and oxygen atoms in total. The monoisotopic (exact) mass is 530 g/mol. The Bertz CT molecular complexity index is 955. The number of amides is 1. The highest BCUT2D eigenvalue weighted by atomic mass is 127. The van der Waals surface area contributed by atoms with Gasteiger partial charge < -0.3 is 14.8 Å². The number of anilines is 1. The number of halogens is 3. The van der Waals surface area contributed by atoms with Crippen molar-refractivity contribution in [2.75, 3.05) is 18.5 Å². The largest absolute Gasteiger partial charge is 0.490 e. The molecular formula is C20H17Cl2IN2O3. The van der Waals surface area contributed by atoms with Gasteiger partial charge in [0.2, 0.25) is 0 Å². The van der Waals surface area contributed by atoms with Crippen LogP contribution in [0.3, 0.4) is 0 Å². The number of rotatable bonds is 7. The fourth-order valence-electron chi connectivity index (χ4n) is 2.31. The van der Waals surface area contributed by atoms with E-state index >= 15 is 0 Å². The van der Waals surface area contributed by atoms with Crippen molar-refractivity contribution in [1.29, 1.82) is 5.26 Å². The maximum atomic E-state index is 12.5. The number of nitrogens with zero attached hydrogens (tertiary/aromatic N) is 1. The Morgan fingerprint density at radius 3 is 2.50 bits per heavy atom. The van der Waals surface area contributed by atoms with E-state index in [9.17, 15) is 10.1 Å². The van der Waals surface area contributed by atoms with Gasteiger partial charge in [-0.2, -0.15) is 5.26 Å². The van der Waals surface area contributed by atoms with Crippen molar-refractivity contribution in [2.45, 2.75) is 13.8 Å². The summed E-state index contributed by atoms with van der Waals surface area (Å²) < 4.78 is 12.1. The number of nitrogens with one attached hydrogen (secondary N) is 1. The van der Waals surface area contributed by atoms with E-state index in [0.717, 1.165) is 3.57 Å². The van der Waals surface area contributed by atoms with E-state index in [4.69, 9.17) is 32.7 Å². The second-order valence-corrected chi connectivity index (χ2v) is 7.43. The summed E-state index contributed by atoms with van der Waals surface area (Å²) in [5.41, 5.74) is 1.03. The van der Waals surface area contributed by atoms with E-state index in [1.54, 1.807) is 18.2 Å². The molecule has 146 valence electrons. The summed E-state index contributed by atoms with van der Waals surface area (Å²) in [5, 5.41) is 12.8. The molecule has 0 atom stereocenters. The van der Waals surface area contributed by atoms with E-state index < -0.39 is 5.91 Å². The lowest BCUT2D eigenvalue weighted by Gasteiger charge is -2.13. The highest BCUT2D eigenvalue weighted by Gasteiger charge is 2.14. The zero-order valence-electron chi connectivity index (χ0n) is 15.2. The third-order valence-corrected chi connectivity index (χ3v) is 5.01. The van der Waals surface area contributed by atoms with Crippen LogP contribution < -0.4 is 14.8 Å². The molecule has 28 heavy (non-hydrogen) atoms. The molecule has 0 aliphatic carbocycles. The predicted molar refractivity (Wildman–Crippen MR) is 120 cm³/mol. The molecule has 0 fully saturated rings. The van der Waals surface area contributed by atoms with Crippen LogP contribution in [0.25, 0.3) is 6.08 Å². The van der Waals surface area contributed by atoms with Crippen LogP contribution in [0.5, 0.6) is 11.5 Å². The number of carbonyl (C=O) groups is 1. The zero-order chi connectivity index (χ0) is 20.7. The molecule has 0 radical (unpaired) electrons. The number of benzene rings is 2. The summed E-state index contributed by atoms with van der Waals surface area (Å²) in [6, 6.07) is 10.2. The van der Waals surface area contributed by atoms with E-state index in [0.29, 0.717) is 46.0 Å². The van der Waals surface area contributed by atoms with E-state index in [2.05, 4.69) is 27.9 Å². The Morgan fingerprint density at radius 2 is 1.89 bits per heavy atom. The lowest BCUT2D eigenvalue weighted by molar-refractivity contribution is -0.112. The second-order valence-electron chi connectivity index (χ2n) is 5.45. The summed E-state index contributed by atoms with van der Waals surface area (Å²) in [4.78, 5) is 12.5. The Labute approximate surface area is 187 Å². The first-order valence-corrected chi connectivity index (χ1v) is 10.2. The first-order valence-electron chi connectivity index (χ1n) is 8.36. The summed E-state index contributed by atoms with van der Waals surface area (Å²) in [6.07, 6.45) is 1.49. The third-order valence-electron chi connectivity index (χ3n) is 3.47. The van der Waals surface area contributed by atoms with Crippen molar-refractivity contribution in [3.63, 3.8) is 0 Å². The maximum Gasteiger partial charge on any atom is 0.266 e. The molecule has 0 saturated heterocycles. The molecule has 8 heteroatoms. The quantitative estimate of drug-likeness (QED) is 0.273. The van der Waals surface area contributed by atoms with Gasteiger partial charge >= 0.3 is 0 Å². The molecule has 0 heterocycles. The lowest BCUT2D eigenvalue weighted by atomic mass is 10.1. The molecule has 2 aromatic rings. The first-order chi connectivity index (χ1) is 13.4. The highest BCUT2D eigenvalue weighted by Crippen LogP contribution is 2.35. The first kappa shape index (κ1) is 22.3. The average Bonchev–Trinajstić information content (AvgIpc) is 2.65. The van der Waals surface area contributed by atoms with Crippen molar-refractivity contribution in [3.05, 3.63) is 55.1 Å². The van der Waals surface area contributed by atoms with Gasteiger partial charge in [0, 0.05) is 5.69 Å². The minimum Gasteiger partial charge on any atom is -0.490 e. The maximum absolute atomic E-state index is 12.5. The topological polar surface area (TPSA) is 71.3 Å². The van der Waals surface area contributed by atoms with Gasteiger partial charge in [-0.25, -0.2) is 0 Å². The van der Waals surface area contributed by atoms with Gasteiger partial charge in [-0.1, -0.05) is 23.2 Å². The van der Waals surface area contributed by atoms with Crippen LogP contribution >= 0.6 is 45.8 Å². The minimum atomic E-state index is -0.553. The summed E-state index contributed by atoms with van der Waals surface area (Å²) >= 11 is 14.0. The number of nitriles is 1. The predicted octanol–water partition coefficient (Wildman–Crippen LogP) is 5.94. The molecular weight excluding hydrogens is 514 g/mol. The second kappa shape index (κ2) is 10.6. The smallest absolute Gasteiger partial charge is 0.266 e. The molecule has 1 N–H and O–H groups in total. The van der Waals surface area contributed by atoms with Crippen LogP contribution in [0, 0.1) is 14.9 Å². The molecule has 0 unspecified atom stereocenters. The van der Waals surface area contributed by atoms with Crippen molar-refractivity contribution >= 4 is 63.5 Å². The zero-order valence-corrected chi connectivity index (χ0v) is 18.9. The Hall–Kier alpha value is -1.95. The van der Waals surface area contributed by atoms with Crippen LogP contribution in [0.2, 0.25) is 10.0 Å². The van der Waals surface area contributed by atoms with Gasteiger partial charge in [-0.3, -0.25) is 4.79 Å². The molecule has 2 rings (SSSR count). The van der Waals surface area contributed by atoms with Gasteiger partial charge in [0.25, 0.3) is 5.91 Å². The van der Waals surface area contributed by atoms with Crippen molar-refractivity contribution in [2.24, 2.45) is 0 Å². The van der Waals surface area contributed by atoms with Crippen molar-refractivity contribution in [3.8, 4) is 17.6 Å². The van der Waals surface area contributed by atoms with E-state index in [1.165, 1.54) is 12.1 Å². The Kier molecular flexibility index (Phi) is 8.42. The van der Waals surface area contributed by atoms with Crippen LogP contribution in [-0.4, -0.2) is 19.1 Å². The summed E-state index contributed by atoms with van der Waals surface area (Å²) in [5.74, 6) is 0.647. The summed E-state index contributed by atoms with van der Waals surface area (Å²) in [7, 11) is 0. The van der Waals surface area contributed by atoms with Crippen molar-refractivity contribution in [1.82, 2.24) is 0 Å². The number of carbonyl (C=O) groups excluding carboxylic acids is 1. The highest BCUT2D eigenvalue weighted by molar-refractivity contribution is 14.1. The van der Waals surface area contributed by atoms with E-state index in [1.807, 2.05) is 26.0 Å². The van der Waals surface area contributed by atoms with Crippen LogP contribution in [0.4, 0.5) is 5.69 Å². The number of hydrogen-bond acceptors (Lipinski definition) is 4. The molecule has 0 saturated carbocycles. The molecule has 2 aromatic carbocycles. The van der Waals surface area contributed by atoms with Crippen molar-refractivity contribution < 1.29 is 14.3 Å². The molecule has 0 aliphatic heterocycles. The Morgan fingerprint density at radius 1 is 1.18 bits per heavy atom. The van der Waals surface area contributed by atoms with Crippen LogP contribution in [0.1, 0.15) is 19.4 Å². The van der Waals surface area contributed by atoms with Gasteiger partial charge in [0.1, 0.15) is 11.6 Å². The minimum absolute atomic E-state index is 0.0616. The van der Waals surface area contributed by atoms with Gasteiger partial charge in [0.05, 0.1) is 26.8 Å².